The summed E-state index contributed by atoms with van der Waals surface area (Å²) in [7, 11) is 0. The van der Waals surface area contributed by atoms with Crippen LogP contribution in [0.5, 0.6) is 5.75 Å². The first-order valence-corrected chi connectivity index (χ1v) is 12.6. The molecule has 1 aromatic heterocycles. The molecule has 0 unspecified atom stereocenters. The first-order valence-electron chi connectivity index (χ1n) is 12.2. The number of likely N-dealkylation sites (tertiary alicyclic amines) is 1. The molecule has 1 aliphatic carbocycles. The summed E-state index contributed by atoms with van der Waals surface area (Å²) < 4.78 is 5.98. The van der Waals surface area contributed by atoms with Gasteiger partial charge < -0.3 is 15.2 Å². The van der Waals surface area contributed by atoms with Gasteiger partial charge in [0.15, 0.2) is 0 Å². The monoisotopic (exact) mass is 496 g/mol. The van der Waals surface area contributed by atoms with Gasteiger partial charge in [-0.15, -0.1) is 0 Å². The summed E-state index contributed by atoms with van der Waals surface area (Å²) in [6, 6.07) is 7.55. The van der Waals surface area contributed by atoms with Crippen molar-refractivity contribution in [1.29, 1.82) is 0 Å². The maximum absolute atomic E-state index is 12.8. The molecule has 4 aliphatic rings. The van der Waals surface area contributed by atoms with E-state index in [1.807, 2.05) is 24.3 Å². The smallest absolute Gasteiger partial charge is 0.235 e. The zero-order valence-electron chi connectivity index (χ0n) is 19.7. The lowest BCUT2D eigenvalue weighted by Crippen LogP contribution is -2.55. The highest BCUT2D eigenvalue weighted by molar-refractivity contribution is 6.31. The first-order chi connectivity index (χ1) is 16.7. The molecule has 2 N–H and O–H groups in total. The van der Waals surface area contributed by atoms with Crippen molar-refractivity contribution in [1.82, 2.24) is 9.88 Å². The highest BCUT2D eigenvalue weighted by Gasteiger charge is 2.49. The zero-order valence-corrected chi connectivity index (χ0v) is 20.5. The third-order valence-electron chi connectivity index (χ3n) is 8.04. The van der Waals surface area contributed by atoms with Crippen molar-refractivity contribution >= 4 is 34.9 Å². The molecule has 1 aromatic carbocycles. The number of ether oxygens (including phenoxy) is 1. The third kappa shape index (κ3) is 3.88. The number of aliphatic hydroxyl groups is 1. The molecule has 184 valence electrons. The first kappa shape index (κ1) is 22.8. The van der Waals surface area contributed by atoms with E-state index in [1.54, 1.807) is 18.0 Å². The van der Waals surface area contributed by atoms with Crippen LogP contribution in [0.15, 0.2) is 30.5 Å². The fourth-order valence-corrected chi connectivity index (χ4v) is 6.29. The molecule has 0 radical (unpaired) electrons. The average molecular weight is 497 g/mol. The summed E-state index contributed by atoms with van der Waals surface area (Å²) >= 11 is 6.21. The number of carbonyl (C=O) groups excluding carboxylic acids is 2. The summed E-state index contributed by atoms with van der Waals surface area (Å²) in [5, 5.41) is 13.7. The van der Waals surface area contributed by atoms with Crippen LogP contribution in [-0.2, 0) is 21.4 Å². The molecule has 0 atom stereocenters. The van der Waals surface area contributed by atoms with E-state index in [9.17, 15) is 14.7 Å². The van der Waals surface area contributed by atoms with Gasteiger partial charge in [0.25, 0.3) is 0 Å². The summed E-state index contributed by atoms with van der Waals surface area (Å²) in [5.41, 5.74) is 1.59. The molecule has 1 saturated carbocycles. The molecular formula is C26H29ClN4O4. The number of carbonyl (C=O) groups is 2. The number of hydrogen-bond acceptors (Lipinski definition) is 6. The molecule has 3 aliphatic heterocycles. The number of aromatic nitrogens is 1. The number of amides is 2. The highest BCUT2D eigenvalue weighted by Crippen LogP contribution is 2.46. The molecule has 6 rings (SSSR count). The Morgan fingerprint density at radius 3 is 2.74 bits per heavy atom. The number of benzene rings is 1. The van der Waals surface area contributed by atoms with Gasteiger partial charge in [-0.05, 0) is 75.5 Å². The second-order valence-corrected chi connectivity index (χ2v) is 11.0. The number of piperidine rings is 1. The van der Waals surface area contributed by atoms with Crippen LogP contribution < -0.4 is 15.0 Å². The maximum atomic E-state index is 12.8. The van der Waals surface area contributed by atoms with Crippen molar-refractivity contribution < 1.29 is 19.4 Å². The van der Waals surface area contributed by atoms with Crippen molar-refractivity contribution in [3.05, 3.63) is 46.6 Å². The van der Waals surface area contributed by atoms with Gasteiger partial charge in [-0.25, -0.2) is 4.98 Å². The summed E-state index contributed by atoms with van der Waals surface area (Å²) in [5.74, 6) is 1.46. The molecule has 9 heteroatoms. The van der Waals surface area contributed by atoms with E-state index in [1.165, 1.54) is 0 Å². The Balaban J connectivity index is 1.04. The van der Waals surface area contributed by atoms with E-state index >= 15 is 0 Å². The summed E-state index contributed by atoms with van der Waals surface area (Å²) in [6.45, 7) is 4.67. The molecule has 4 heterocycles. The predicted molar refractivity (Wildman–Crippen MR) is 132 cm³/mol. The van der Waals surface area contributed by atoms with Gasteiger partial charge in [-0.1, -0.05) is 11.6 Å². The van der Waals surface area contributed by atoms with Crippen molar-refractivity contribution in [2.75, 3.05) is 36.5 Å². The minimum absolute atomic E-state index is 0.0188. The Labute approximate surface area is 209 Å². The quantitative estimate of drug-likeness (QED) is 0.661. The summed E-state index contributed by atoms with van der Waals surface area (Å²) in [6.07, 6.45) is 4.65. The molecule has 2 aromatic rings. The van der Waals surface area contributed by atoms with Crippen LogP contribution in [0, 0.1) is 0 Å². The van der Waals surface area contributed by atoms with Crippen LogP contribution in [0.2, 0.25) is 5.02 Å². The Bertz CT molecular complexity index is 1200. The lowest BCUT2D eigenvalue weighted by molar-refractivity contribution is -0.122. The fourth-order valence-electron chi connectivity index (χ4n) is 6.12. The van der Waals surface area contributed by atoms with Crippen LogP contribution in [0.3, 0.4) is 0 Å². The number of hydrogen-bond donors (Lipinski definition) is 2. The lowest BCUT2D eigenvalue weighted by atomic mass is 9.73. The van der Waals surface area contributed by atoms with Gasteiger partial charge in [0, 0.05) is 28.9 Å². The Kier molecular flexibility index (Phi) is 5.32. The lowest BCUT2D eigenvalue weighted by Gasteiger charge is -2.45. The van der Waals surface area contributed by atoms with Gasteiger partial charge in [-0.3, -0.25) is 19.4 Å². The topological polar surface area (TPSA) is 95.0 Å². The van der Waals surface area contributed by atoms with Crippen LogP contribution in [-0.4, -0.2) is 64.7 Å². The third-order valence-corrected chi connectivity index (χ3v) is 8.27. The van der Waals surface area contributed by atoms with E-state index in [4.69, 9.17) is 16.3 Å². The maximum Gasteiger partial charge on any atom is 0.235 e. The second kappa shape index (κ2) is 8.18. The van der Waals surface area contributed by atoms with Gasteiger partial charge >= 0.3 is 0 Å². The summed E-state index contributed by atoms with van der Waals surface area (Å²) in [4.78, 5) is 33.9. The highest BCUT2D eigenvalue weighted by atomic mass is 35.5. The minimum atomic E-state index is -0.692. The SMILES string of the molecule is C[C@]1(O)C[C@@H](N2C(=O)Cc3cc(OCCN4CCC5(CC4)C(=O)Nc4ccc(Cl)cc45)cnc32)C1. The fraction of sp³-hybridized carbons (Fsp3) is 0.500. The van der Waals surface area contributed by atoms with Gasteiger partial charge in [0.1, 0.15) is 18.2 Å². The van der Waals surface area contributed by atoms with E-state index in [2.05, 4.69) is 15.2 Å². The standard InChI is InChI=1S/C26H29ClN4O4/c1-25(34)13-18(14-25)31-22(32)11-16-10-19(15-28-23(16)31)35-9-8-30-6-4-26(5-7-30)20-12-17(27)2-3-21(20)29-24(26)33/h2-3,10,12,15,18,34H,4-9,11,13-14H2,1H3,(H,29,33)/t18-,25+. The Morgan fingerprint density at radius 2 is 2.00 bits per heavy atom. The number of halogens is 1. The van der Waals surface area contributed by atoms with Crippen LogP contribution in [0.1, 0.15) is 43.7 Å². The number of pyridine rings is 1. The van der Waals surface area contributed by atoms with Gasteiger partial charge in [0.2, 0.25) is 11.8 Å². The zero-order chi connectivity index (χ0) is 24.4. The molecule has 1 saturated heterocycles. The molecule has 2 fully saturated rings. The van der Waals surface area contributed by atoms with E-state index in [-0.39, 0.29) is 17.9 Å². The van der Waals surface area contributed by atoms with Crippen molar-refractivity contribution in [2.24, 2.45) is 0 Å². The van der Waals surface area contributed by atoms with Crippen LogP contribution in [0.25, 0.3) is 0 Å². The predicted octanol–water partition coefficient (Wildman–Crippen LogP) is 2.90. The van der Waals surface area contributed by atoms with Crippen molar-refractivity contribution in [2.45, 2.75) is 56.1 Å². The van der Waals surface area contributed by atoms with E-state index < -0.39 is 11.0 Å². The van der Waals surface area contributed by atoms with E-state index in [0.29, 0.717) is 42.5 Å². The molecule has 2 amide bonds. The number of fused-ring (bicyclic) bond motifs is 3. The number of nitrogens with one attached hydrogen (secondary N) is 1. The van der Waals surface area contributed by atoms with Crippen LogP contribution in [0.4, 0.5) is 11.5 Å². The minimum Gasteiger partial charge on any atom is -0.491 e. The van der Waals surface area contributed by atoms with E-state index in [0.717, 1.165) is 49.3 Å². The normalized spacial score (nSPS) is 26.9. The molecule has 8 nitrogen and oxygen atoms in total. The average Bonchev–Trinajstić information content (AvgIpc) is 3.26. The molecule has 1 spiro atoms. The van der Waals surface area contributed by atoms with Crippen LogP contribution >= 0.6 is 11.6 Å². The van der Waals surface area contributed by atoms with Gasteiger partial charge in [0.05, 0.1) is 23.6 Å². The van der Waals surface area contributed by atoms with Gasteiger partial charge in [-0.2, -0.15) is 0 Å². The van der Waals surface area contributed by atoms with Crippen molar-refractivity contribution in [3.63, 3.8) is 0 Å². The largest absolute Gasteiger partial charge is 0.491 e. The molecule has 0 bridgehead atoms. The molecular weight excluding hydrogens is 468 g/mol. The number of rotatable bonds is 5. The van der Waals surface area contributed by atoms with Crippen molar-refractivity contribution in [3.8, 4) is 5.75 Å². The molecule has 35 heavy (non-hydrogen) atoms. The Hall–Kier alpha value is -2.68. The second-order valence-electron chi connectivity index (χ2n) is 10.6. The number of anilines is 2. The Morgan fingerprint density at radius 1 is 1.23 bits per heavy atom. The number of nitrogens with zero attached hydrogens (tertiary/aromatic N) is 3.